The van der Waals surface area contributed by atoms with Gasteiger partial charge in [0.25, 0.3) is 5.91 Å². The molecule has 1 aromatic carbocycles. The number of nitrogens with one attached hydrogen (secondary N) is 4. The molecule has 9 nitrogen and oxygen atoms in total. The van der Waals surface area contributed by atoms with E-state index >= 15 is 0 Å². The monoisotopic (exact) mass is 440 g/mol. The normalized spacial score (nSPS) is 11.7. The van der Waals surface area contributed by atoms with Gasteiger partial charge in [0.2, 0.25) is 5.91 Å². The molecule has 0 spiro atoms. The van der Waals surface area contributed by atoms with E-state index in [0.29, 0.717) is 22.9 Å². The van der Waals surface area contributed by atoms with Gasteiger partial charge in [0.15, 0.2) is 5.13 Å². The maximum absolute atomic E-state index is 12.7. The maximum atomic E-state index is 12.7. The van der Waals surface area contributed by atoms with Crippen LogP contribution in [0.5, 0.6) is 0 Å². The number of primary amides is 1. The Balaban J connectivity index is 1.59. The van der Waals surface area contributed by atoms with Gasteiger partial charge in [-0.25, -0.2) is 9.78 Å². The van der Waals surface area contributed by atoms with Crippen molar-refractivity contribution in [2.45, 2.75) is 26.4 Å². The van der Waals surface area contributed by atoms with E-state index in [4.69, 9.17) is 5.73 Å². The number of nitrogens with two attached hydrogens (primary N) is 1. The summed E-state index contributed by atoms with van der Waals surface area (Å²) in [4.78, 5) is 43.4. The number of thiazole rings is 1. The first-order valence-corrected chi connectivity index (χ1v) is 10.5. The van der Waals surface area contributed by atoms with E-state index in [2.05, 4.69) is 25.9 Å². The number of urea groups is 1. The Morgan fingerprint density at radius 2 is 1.94 bits per heavy atom. The van der Waals surface area contributed by atoms with E-state index in [1.165, 1.54) is 11.3 Å². The fourth-order valence-electron chi connectivity index (χ4n) is 2.84. The third-order valence-electron chi connectivity index (χ3n) is 4.51. The van der Waals surface area contributed by atoms with Gasteiger partial charge in [-0.2, -0.15) is 0 Å². The molecule has 3 aromatic rings. The summed E-state index contributed by atoms with van der Waals surface area (Å²) in [6.45, 7) is 4.05. The molecule has 0 aliphatic carbocycles. The number of rotatable bonds is 8. The first-order valence-electron chi connectivity index (χ1n) is 9.66. The minimum absolute atomic E-state index is 0.135. The first kappa shape index (κ1) is 22.0. The Bertz CT molecular complexity index is 1060. The molecule has 0 saturated heterocycles. The average molecular weight is 441 g/mol. The van der Waals surface area contributed by atoms with E-state index < -0.39 is 18.0 Å². The average Bonchev–Trinajstić information content (AvgIpc) is 3.40. The van der Waals surface area contributed by atoms with E-state index in [9.17, 15) is 14.4 Å². The van der Waals surface area contributed by atoms with Gasteiger partial charge >= 0.3 is 6.03 Å². The number of carbonyl (C=O) groups excluding carboxylic acids is 3. The number of aromatic amines is 1. The molecule has 6 N–H and O–H groups in total. The second kappa shape index (κ2) is 9.90. The molecular weight excluding hydrogens is 416 g/mol. The third-order valence-corrected chi connectivity index (χ3v) is 5.27. The van der Waals surface area contributed by atoms with Gasteiger partial charge in [0.1, 0.15) is 11.7 Å². The van der Waals surface area contributed by atoms with Crippen molar-refractivity contribution in [3.63, 3.8) is 0 Å². The molecular formula is C21H24N6O3S. The number of aromatic nitrogens is 2. The van der Waals surface area contributed by atoms with Crippen LogP contribution in [-0.2, 0) is 11.3 Å². The molecule has 2 aromatic heterocycles. The fraction of sp³-hybridized carbons (Fsp3) is 0.238. The Morgan fingerprint density at radius 1 is 1.19 bits per heavy atom. The zero-order valence-corrected chi connectivity index (χ0v) is 18.0. The fourth-order valence-corrected chi connectivity index (χ4v) is 3.56. The second-order valence-electron chi connectivity index (χ2n) is 7.23. The van der Waals surface area contributed by atoms with Crippen LogP contribution in [0, 0.1) is 5.92 Å². The lowest BCUT2D eigenvalue weighted by Gasteiger charge is -2.21. The van der Waals surface area contributed by atoms with Crippen molar-refractivity contribution in [1.82, 2.24) is 20.6 Å². The minimum Gasteiger partial charge on any atom is -0.364 e. The molecule has 0 aliphatic heterocycles. The number of amides is 4. The number of H-pyrrole nitrogens is 1. The van der Waals surface area contributed by atoms with Crippen LogP contribution in [0.3, 0.4) is 0 Å². The highest BCUT2D eigenvalue weighted by Gasteiger charge is 2.25. The van der Waals surface area contributed by atoms with Crippen LogP contribution in [0.25, 0.3) is 11.3 Å². The molecule has 31 heavy (non-hydrogen) atoms. The zero-order valence-electron chi connectivity index (χ0n) is 17.1. The predicted octanol–water partition coefficient (Wildman–Crippen LogP) is 2.70. The molecule has 1 unspecified atom stereocenters. The van der Waals surface area contributed by atoms with Crippen molar-refractivity contribution in [2.24, 2.45) is 11.7 Å². The van der Waals surface area contributed by atoms with Crippen molar-refractivity contribution in [2.75, 3.05) is 5.32 Å². The summed E-state index contributed by atoms with van der Waals surface area (Å²) in [6, 6.07) is 9.93. The molecule has 0 radical (unpaired) electrons. The minimum atomic E-state index is -0.739. The SMILES string of the molecule is CC(C)C(NC(=O)NCc1ccccc1)C(=O)Nc1nc(-c2c[nH]c(C(N)=O)c2)cs1. The van der Waals surface area contributed by atoms with Gasteiger partial charge in [-0.1, -0.05) is 44.2 Å². The Labute approximate surface area is 183 Å². The van der Waals surface area contributed by atoms with Crippen LogP contribution in [0.15, 0.2) is 48.0 Å². The van der Waals surface area contributed by atoms with Crippen LogP contribution in [0.4, 0.5) is 9.93 Å². The van der Waals surface area contributed by atoms with E-state index in [-0.39, 0.29) is 17.5 Å². The highest BCUT2D eigenvalue weighted by molar-refractivity contribution is 7.14. The summed E-state index contributed by atoms with van der Waals surface area (Å²) in [6.07, 6.45) is 1.62. The van der Waals surface area contributed by atoms with E-state index in [0.717, 1.165) is 5.56 Å². The summed E-state index contributed by atoms with van der Waals surface area (Å²) in [5, 5.41) is 10.4. The lowest BCUT2D eigenvalue weighted by atomic mass is 10.0. The van der Waals surface area contributed by atoms with Crippen molar-refractivity contribution in [1.29, 1.82) is 0 Å². The largest absolute Gasteiger partial charge is 0.364 e. The number of hydrogen-bond acceptors (Lipinski definition) is 5. The predicted molar refractivity (Wildman–Crippen MR) is 119 cm³/mol. The van der Waals surface area contributed by atoms with Crippen molar-refractivity contribution >= 4 is 34.3 Å². The van der Waals surface area contributed by atoms with Crippen LogP contribution in [0.2, 0.25) is 0 Å². The summed E-state index contributed by atoms with van der Waals surface area (Å²) < 4.78 is 0. The van der Waals surface area contributed by atoms with Gasteiger partial charge in [-0.15, -0.1) is 11.3 Å². The summed E-state index contributed by atoms with van der Waals surface area (Å²) in [5.74, 6) is -1.06. The summed E-state index contributed by atoms with van der Waals surface area (Å²) in [7, 11) is 0. The molecule has 2 heterocycles. The molecule has 10 heteroatoms. The van der Waals surface area contributed by atoms with Gasteiger partial charge in [-0.3, -0.25) is 9.59 Å². The molecule has 4 amide bonds. The maximum Gasteiger partial charge on any atom is 0.315 e. The van der Waals surface area contributed by atoms with E-state index in [1.807, 2.05) is 44.2 Å². The summed E-state index contributed by atoms with van der Waals surface area (Å²) in [5.41, 5.74) is 7.77. The van der Waals surface area contributed by atoms with Crippen LogP contribution in [0.1, 0.15) is 29.9 Å². The van der Waals surface area contributed by atoms with Gasteiger partial charge in [0, 0.05) is 23.7 Å². The Morgan fingerprint density at radius 3 is 2.58 bits per heavy atom. The lowest BCUT2D eigenvalue weighted by molar-refractivity contribution is -0.118. The molecule has 0 aliphatic rings. The highest BCUT2D eigenvalue weighted by atomic mass is 32.1. The third kappa shape index (κ3) is 5.92. The number of hydrogen-bond donors (Lipinski definition) is 5. The topological polar surface area (TPSA) is 142 Å². The van der Waals surface area contributed by atoms with Crippen LogP contribution >= 0.6 is 11.3 Å². The first-order chi connectivity index (χ1) is 14.8. The molecule has 162 valence electrons. The lowest BCUT2D eigenvalue weighted by Crippen LogP contribution is -2.50. The van der Waals surface area contributed by atoms with Crippen LogP contribution in [-0.4, -0.2) is 33.9 Å². The molecule has 3 rings (SSSR count). The molecule has 0 bridgehead atoms. The quantitative estimate of drug-likeness (QED) is 0.367. The smallest absolute Gasteiger partial charge is 0.315 e. The number of carbonyl (C=O) groups is 3. The number of benzene rings is 1. The summed E-state index contributed by atoms with van der Waals surface area (Å²) >= 11 is 1.24. The molecule has 0 saturated carbocycles. The van der Waals surface area contributed by atoms with Gasteiger partial charge < -0.3 is 26.7 Å². The Hall–Kier alpha value is -3.66. The zero-order chi connectivity index (χ0) is 22.4. The standard InChI is InChI=1S/C21H24N6O3S/c1-12(2)17(26-20(30)24-9-13-6-4-3-5-7-13)19(29)27-21-25-16(11-31-21)14-8-15(18(22)28)23-10-14/h3-8,10-12,17,23H,9H2,1-2H3,(H2,22,28)(H2,24,26,30)(H,25,27,29). The van der Waals surface area contributed by atoms with E-state index in [1.54, 1.807) is 17.6 Å². The van der Waals surface area contributed by atoms with Crippen molar-refractivity contribution in [3.8, 4) is 11.3 Å². The Kier molecular flexibility index (Phi) is 7.03. The number of anilines is 1. The van der Waals surface area contributed by atoms with Crippen LogP contribution < -0.4 is 21.7 Å². The van der Waals surface area contributed by atoms with Crippen molar-refractivity contribution in [3.05, 3.63) is 59.2 Å². The molecule has 1 atom stereocenters. The van der Waals surface area contributed by atoms with Crippen molar-refractivity contribution < 1.29 is 14.4 Å². The van der Waals surface area contributed by atoms with Gasteiger partial charge in [0.05, 0.1) is 5.69 Å². The second-order valence-corrected chi connectivity index (χ2v) is 8.09. The highest BCUT2D eigenvalue weighted by Crippen LogP contribution is 2.25. The number of nitrogens with zero attached hydrogens (tertiary/aromatic N) is 1. The van der Waals surface area contributed by atoms with Gasteiger partial charge in [-0.05, 0) is 17.5 Å². The molecule has 0 fully saturated rings.